The number of hydrogen-bond donors (Lipinski definition) is 0. The second kappa shape index (κ2) is 10.4. The first-order valence-electron chi connectivity index (χ1n) is 13.4. The van der Waals surface area contributed by atoms with Crippen molar-refractivity contribution in [1.29, 1.82) is 0 Å². The Hall–Kier alpha value is -2.62. The number of benzene rings is 3. The van der Waals surface area contributed by atoms with E-state index < -0.39 is 23.3 Å². The van der Waals surface area contributed by atoms with Gasteiger partial charge in [-0.25, -0.2) is 17.6 Å². The van der Waals surface area contributed by atoms with Gasteiger partial charge in [-0.3, -0.25) is 0 Å². The SMILES string of the molecule is Cc1ccc(-c2ccc(-c3ccc(C4CCC(C5CCC(C)CC5)CC4)c(F)c3F)cc2)c(F)c1F. The first-order valence-corrected chi connectivity index (χ1v) is 13.4. The van der Waals surface area contributed by atoms with E-state index in [1.165, 1.54) is 44.7 Å². The predicted octanol–water partition coefficient (Wildman–Crippen LogP) is 9.99. The van der Waals surface area contributed by atoms with Crippen molar-refractivity contribution in [3.8, 4) is 22.3 Å². The monoisotopic (exact) mass is 494 g/mol. The molecule has 2 aliphatic carbocycles. The summed E-state index contributed by atoms with van der Waals surface area (Å²) in [7, 11) is 0. The maximum absolute atomic E-state index is 15.2. The molecule has 0 bridgehead atoms. The van der Waals surface area contributed by atoms with Gasteiger partial charge in [0.05, 0.1) is 0 Å². The lowest BCUT2D eigenvalue weighted by atomic mass is 9.68. The van der Waals surface area contributed by atoms with Crippen LogP contribution in [-0.2, 0) is 0 Å². The zero-order valence-corrected chi connectivity index (χ0v) is 21.1. The lowest BCUT2D eigenvalue weighted by molar-refractivity contribution is 0.164. The molecule has 0 heterocycles. The van der Waals surface area contributed by atoms with Crippen molar-refractivity contribution in [2.24, 2.45) is 17.8 Å². The Labute approximate surface area is 211 Å². The summed E-state index contributed by atoms with van der Waals surface area (Å²) in [6, 6.07) is 12.9. The second-order valence-corrected chi connectivity index (χ2v) is 11.1. The predicted molar refractivity (Wildman–Crippen MR) is 138 cm³/mol. The number of aryl methyl sites for hydroxylation is 1. The van der Waals surface area contributed by atoms with Crippen LogP contribution in [-0.4, -0.2) is 0 Å². The van der Waals surface area contributed by atoms with E-state index in [2.05, 4.69) is 6.92 Å². The Morgan fingerprint density at radius 1 is 0.528 bits per heavy atom. The molecular formula is C32H34F4. The summed E-state index contributed by atoms with van der Waals surface area (Å²) in [5.41, 5.74) is 2.04. The number of rotatable bonds is 4. The van der Waals surface area contributed by atoms with Crippen LogP contribution < -0.4 is 0 Å². The molecule has 0 radical (unpaired) electrons. The van der Waals surface area contributed by atoms with E-state index in [-0.39, 0.29) is 22.6 Å². The third kappa shape index (κ3) is 4.84. The molecule has 0 nitrogen and oxygen atoms in total. The molecule has 4 heteroatoms. The topological polar surface area (TPSA) is 0 Å². The Kier molecular flexibility index (Phi) is 7.23. The summed E-state index contributed by atoms with van der Waals surface area (Å²) in [6.07, 6.45) is 9.32. The Morgan fingerprint density at radius 2 is 1.00 bits per heavy atom. The molecule has 0 saturated heterocycles. The van der Waals surface area contributed by atoms with Crippen LogP contribution >= 0.6 is 0 Å². The molecule has 5 rings (SSSR count). The summed E-state index contributed by atoms with van der Waals surface area (Å²) in [5.74, 6) is -0.926. The molecule has 2 aliphatic rings. The Balaban J connectivity index is 1.30. The molecule has 0 aliphatic heterocycles. The van der Waals surface area contributed by atoms with Crippen molar-refractivity contribution in [3.63, 3.8) is 0 Å². The van der Waals surface area contributed by atoms with Crippen molar-refractivity contribution in [2.45, 2.75) is 71.1 Å². The average molecular weight is 495 g/mol. The average Bonchev–Trinajstić information content (AvgIpc) is 2.90. The quantitative estimate of drug-likeness (QED) is 0.317. The first kappa shape index (κ1) is 25.0. The van der Waals surface area contributed by atoms with Gasteiger partial charge in [0, 0.05) is 11.1 Å². The molecular weight excluding hydrogens is 460 g/mol. The van der Waals surface area contributed by atoms with Crippen LogP contribution in [0.1, 0.15) is 75.3 Å². The van der Waals surface area contributed by atoms with Crippen LogP contribution in [0.5, 0.6) is 0 Å². The third-order valence-corrected chi connectivity index (χ3v) is 8.83. The van der Waals surface area contributed by atoms with Gasteiger partial charge in [-0.1, -0.05) is 68.3 Å². The van der Waals surface area contributed by atoms with E-state index in [0.29, 0.717) is 16.7 Å². The number of hydrogen-bond acceptors (Lipinski definition) is 0. The van der Waals surface area contributed by atoms with E-state index in [9.17, 15) is 8.78 Å². The molecule has 36 heavy (non-hydrogen) atoms. The zero-order valence-electron chi connectivity index (χ0n) is 21.1. The lowest BCUT2D eigenvalue weighted by Crippen LogP contribution is -2.25. The van der Waals surface area contributed by atoms with Crippen LogP contribution in [0.2, 0.25) is 0 Å². The minimum Gasteiger partial charge on any atom is -0.203 e. The van der Waals surface area contributed by atoms with Crippen molar-refractivity contribution in [3.05, 3.63) is 82.9 Å². The van der Waals surface area contributed by atoms with Crippen LogP contribution in [0.25, 0.3) is 22.3 Å². The molecule has 0 spiro atoms. The molecule has 2 fully saturated rings. The van der Waals surface area contributed by atoms with Crippen molar-refractivity contribution < 1.29 is 17.6 Å². The number of halogens is 4. The van der Waals surface area contributed by atoms with Crippen LogP contribution in [0.4, 0.5) is 17.6 Å². The molecule has 3 aromatic rings. The fraction of sp³-hybridized carbons (Fsp3) is 0.438. The molecule has 0 aromatic heterocycles. The van der Waals surface area contributed by atoms with E-state index >= 15 is 8.78 Å². The van der Waals surface area contributed by atoms with Gasteiger partial charge in [0.2, 0.25) is 0 Å². The van der Waals surface area contributed by atoms with Gasteiger partial charge in [-0.15, -0.1) is 0 Å². The third-order valence-electron chi connectivity index (χ3n) is 8.83. The van der Waals surface area contributed by atoms with E-state index in [1.807, 2.05) is 0 Å². The Morgan fingerprint density at radius 3 is 1.56 bits per heavy atom. The molecule has 0 N–H and O–H groups in total. The van der Waals surface area contributed by atoms with Crippen molar-refractivity contribution in [2.75, 3.05) is 0 Å². The van der Waals surface area contributed by atoms with Gasteiger partial charge in [0.25, 0.3) is 0 Å². The highest BCUT2D eigenvalue weighted by Crippen LogP contribution is 2.45. The molecule has 0 atom stereocenters. The van der Waals surface area contributed by atoms with Gasteiger partial charge in [0.15, 0.2) is 23.3 Å². The van der Waals surface area contributed by atoms with Gasteiger partial charge in [0.1, 0.15) is 0 Å². The highest BCUT2D eigenvalue weighted by molar-refractivity contribution is 5.71. The molecule has 2 saturated carbocycles. The van der Waals surface area contributed by atoms with Crippen molar-refractivity contribution in [1.82, 2.24) is 0 Å². The smallest absolute Gasteiger partial charge is 0.166 e. The zero-order chi connectivity index (χ0) is 25.4. The standard InChI is InChI=1S/C32H34F4/c1-19-3-6-21(7-4-19)22-8-10-23(11-9-22)27-17-18-28(32(36)31(27)35)25-14-12-24(13-15-25)26-16-5-20(2)29(33)30(26)34/h5,12-19,21-23H,3-4,6-11H2,1-2H3. The van der Waals surface area contributed by atoms with E-state index in [1.54, 1.807) is 36.4 Å². The van der Waals surface area contributed by atoms with E-state index in [0.717, 1.165) is 43.4 Å². The fourth-order valence-electron chi connectivity index (χ4n) is 6.46. The second-order valence-electron chi connectivity index (χ2n) is 11.1. The summed E-state index contributed by atoms with van der Waals surface area (Å²) in [4.78, 5) is 0. The van der Waals surface area contributed by atoms with Gasteiger partial charge < -0.3 is 0 Å². The van der Waals surface area contributed by atoms with Crippen LogP contribution in [0.15, 0.2) is 48.5 Å². The van der Waals surface area contributed by atoms with Crippen LogP contribution in [0, 0.1) is 47.9 Å². The lowest BCUT2D eigenvalue weighted by Gasteiger charge is -2.37. The Bertz CT molecular complexity index is 1210. The minimum absolute atomic E-state index is 0.0640. The molecule has 0 unspecified atom stereocenters. The summed E-state index contributed by atoms with van der Waals surface area (Å²) in [6.45, 7) is 3.85. The van der Waals surface area contributed by atoms with Crippen LogP contribution in [0.3, 0.4) is 0 Å². The first-order chi connectivity index (χ1) is 17.3. The molecule has 3 aromatic carbocycles. The van der Waals surface area contributed by atoms with Gasteiger partial charge in [-0.05, 0) is 91.4 Å². The summed E-state index contributed by atoms with van der Waals surface area (Å²) < 4.78 is 58.8. The largest absolute Gasteiger partial charge is 0.203 e. The molecule has 190 valence electrons. The maximum atomic E-state index is 15.2. The highest BCUT2D eigenvalue weighted by Gasteiger charge is 2.32. The summed E-state index contributed by atoms with van der Waals surface area (Å²) in [5, 5.41) is 0. The summed E-state index contributed by atoms with van der Waals surface area (Å²) >= 11 is 0. The van der Waals surface area contributed by atoms with Gasteiger partial charge >= 0.3 is 0 Å². The minimum atomic E-state index is -0.905. The molecule has 0 amide bonds. The fourth-order valence-corrected chi connectivity index (χ4v) is 6.46. The highest BCUT2D eigenvalue weighted by atomic mass is 19.2. The normalized spacial score (nSPS) is 24.6. The van der Waals surface area contributed by atoms with E-state index in [4.69, 9.17) is 0 Å². The van der Waals surface area contributed by atoms with Gasteiger partial charge in [-0.2, -0.15) is 0 Å². The van der Waals surface area contributed by atoms with Crippen molar-refractivity contribution >= 4 is 0 Å². The maximum Gasteiger partial charge on any atom is 0.166 e.